The number of sulfone groups is 1. The summed E-state index contributed by atoms with van der Waals surface area (Å²) in [5, 5.41) is 9.14. The van der Waals surface area contributed by atoms with Crippen LogP contribution in [0, 0.1) is 5.82 Å². The van der Waals surface area contributed by atoms with E-state index in [1.807, 2.05) is 0 Å². The Labute approximate surface area is 208 Å². The van der Waals surface area contributed by atoms with Gasteiger partial charge in [0.2, 0.25) is 0 Å². The lowest BCUT2D eigenvalue weighted by Gasteiger charge is -2.34. The average Bonchev–Trinajstić information content (AvgIpc) is 3.27. The zero-order valence-corrected chi connectivity index (χ0v) is 20.4. The van der Waals surface area contributed by atoms with E-state index < -0.39 is 20.5 Å². The van der Waals surface area contributed by atoms with Crippen LogP contribution in [0.15, 0.2) is 53.4 Å². The van der Waals surface area contributed by atoms with Crippen molar-refractivity contribution in [1.82, 2.24) is 10.4 Å². The van der Waals surface area contributed by atoms with Crippen LogP contribution in [0.4, 0.5) is 14.9 Å². The number of benzene rings is 2. The number of hydroxylamine groups is 1. The molecule has 194 valence electrons. The van der Waals surface area contributed by atoms with Gasteiger partial charge in [-0.25, -0.2) is 23.1 Å². The van der Waals surface area contributed by atoms with Crippen LogP contribution in [0.5, 0.6) is 5.75 Å². The van der Waals surface area contributed by atoms with Gasteiger partial charge in [-0.15, -0.1) is 0 Å². The molecule has 2 fully saturated rings. The number of hydrogen-bond donors (Lipinski definition) is 2. The minimum atomic E-state index is -4.10. The maximum Gasteiger partial charge on any atom is 0.324 e. The van der Waals surface area contributed by atoms with Gasteiger partial charge in [-0.1, -0.05) is 0 Å². The van der Waals surface area contributed by atoms with Crippen molar-refractivity contribution in [3.63, 3.8) is 0 Å². The van der Waals surface area contributed by atoms with E-state index in [0.717, 1.165) is 0 Å². The Morgan fingerprint density at radius 1 is 1.08 bits per heavy atom. The van der Waals surface area contributed by atoms with Gasteiger partial charge in [0.25, 0.3) is 5.91 Å². The van der Waals surface area contributed by atoms with Crippen molar-refractivity contribution in [2.75, 3.05) is 44.4 Å². The molecule has 2 heterocycles. The molecule has 0 radical (unpaired) electrons. The van der Waals surface area contributed by atoms with Crippen LogP contribution in [0.3, 0.4) is 0 Å². The van der Waals surface area contributed by atoms with E-state index >= 15 is 0 Å². The Balaban J connectivity index is 1.31. The third-order valence-corrected chi connectivity index (χ3v) is 9.05. The summed E-state index contributed by atoms with van der Waals surface area (Å²) in [6.07, 6.45) is 0.435. The fourth-order valence-corrected chi connectivity index (χ4v) is 6.40. The summed E-state index contributed by atoms with van der Waals surface area (Å²) >= 11 is 0. The summed E-state index contributed by atoms with van der Waals surface area (Å²) < 4.78 is 48.8. The second kappa shape index (κ2) is 10.8. The van der Waals surface area contributed by atoms with Gasteiger partial charge in [0, 0.05) is 38.5 Å². The van der Waals surface area contributed by atoms with E-state index in [1.165, 1.54) is 41.9 Å². The molecule has 2 aliphatic rings. The van der Waals surface area contributed by atoms with Crippen LogP contribution in [0.2, 0.25) is 0 Å². The highest BCUT2D eigenvalue weighted by molar-refractivity contribution is 7.93. The minimum absolute atomic E-state index is 0.0519. The van der Waals surface area contributed by atoms with Crippen molar-refractivity contribution in [2.45, 2.75) is 28.9 Å². The number of rotatable bonds is 9. The predicted octanol–water partition coefficient (Wildman–Crippen LogP) is 2.37. The summed E-state index contributed by atoms with van der Waals surface area (Å²) in [5.41, 5.74) is 2.14. The summed E-state index contributed by atoms with van der Waals surface area (Å²) in [7, 11) is -4.10. The average molecular weight is 522 g/mol. The normalized spacial score (nSPS) is 17.8. The van der Waals surface area contributed by atoms with Gasteiger partial charge in [-0.3, -0.25) is 14.9 Å². The fraction of sp³-hybridized carbons (Fsp3) is 0.417. The molecule has 2 aromatic carbocycles. The van der Waals surface area contributed by atoms with Crippen molar-refractivity contribution in [3.8, 4) is 5.75 Å². The van der Waals surface area contributed by atoms with Gasteiger partial charge >= 0.3 is 6.03 Å². The molecule has 0 atom stereocenters. The molecule has 2 aromatic rings. The van der Waals surface area contributed by atoms with Crippen LogP contribution < -0.4 is 15.1 Å². The SMILES string of the molecule is O=C1N(CCCOc2ccc(S(=O)(=O)C3(C(=O)NO)CCOCC3)cc2)CCN1c1ccc(F)cc1. The number of carbonyl (C=O) groups excluding carboxylic acids is 2. The van der Waals surface area contributed by atoms with Crippen molar-refractivity contribution in [3.05, 3.63) is 54.3 Å². The Hall–Kier alpha value is -3.22. The second-order valence-electron chi connectivity index (χ2n) is 8.62. The van der Waals surface area contributed by atoms with Crippen molar-refractivity contribution in [2.24, 2.45) is 0 Å². The zero-order valence-electron chi connectivity index (χ0n) is 19.6. The number of ether oxygens (including phenoxy) is 2. The molecule has 0 aliphatic carbocycles. The molecule has 2 aliphatic heterocycles. The third kappa shape index (κ3) is 5.01. The largest absolute Gasteiger partial charge is 0.494 e. The molecule has 4 rings (SSSR count). The Morgan fingerprint density at radius 3 is 2.39 bits per heavy atom. The number of hydrogen-bond acceptors (Lipinski definition) is 7. The van der Waals surface area contributed by atoms with E-state index in [1.54, 1.807) is 21.9 Å². The topological polar surface area (TPSA) is 125 Å². The molecular formula is C24H28FN3O7S. The van der Waals surface area contributed by atoms with E-state index in [4.69, 9.17) is 14.7 Å². The maximum absolute atomic E-state index is 13.3. The van der Waals surface area contributed by atoms with Crippen LogP contribution in [0.1, 0.15) is 19.3 Å². The van der Waals surface area contributed by atoms with E-state index in [0.29, 0.717) is 44.1 Å². The molecule has 0 bridgehead atoms. The van der Waals surface area contributed by atoms with E-state index in [9.17, 15) is 22.4 Å². The van der Waals surface area contributed by atoms with Gasteiger partial charge in [0.15, 0.2) is 14.6 Å². The number of nitrogens with zero attached hydrogens (tertiary/aromatic N) is 2. The molecule has 0 spiro atoms. The molecule has 2 N–H and O–H groups in total. The number of nitrogens with one attached hydrogen (secondary N) is 1. The smallest absolute Gasteiger partial charge is 0.324 e. The van der Waals surface area contributed by atoms with Gasteiger partial charge in [0.05, 0.1) is 11.5 Å². The van der Waals surface area contributed by atoms with E-state index in [-0.39, 0.29) is 42.8 Å². The first-order valence-electron chi connectivity index (χ1n) is 11.6. The van der Waals surface area contributed by atoms with Gasteiger partial charge in [0.1, 0.15) is 11.6 Å². The first-order valence-corrected chi connectivity index (χ1v) is 13.1. The highest BCUT2D eigenvalue weighted by Crippen LogP contribution is 2.35. The van der Waals surface area contributed by atoms with Crippen LogP contribution in [-0.4, -0.2) is 74.7 Å². The monoisotopic (exact) mass is 521 g/mol. The Morgan fingerprint density at radius 2 is 1.75 bits per heavy atom. The van der Waals surface area contributed by atoms with Gasteiger partial charge in [-0.2, -0.15) is 0 Å². The molecule has 0 unspecified atom stereocenters. The summed E-state index contributed by atoms with van der Waals surface area (Å²) in [5.74, 6) is -0.883. The summed E-state index contributed by atoms with van der Waals surface area (Å²) in [4.78, 5) is 28.2. The molecule has 0 aromatic heterocycles. The summed E-state index contributed by atoms with van der Waals surface area (Å²) in [6, 6.07) is 11.4. The fourth-order valence-electron chi connectivity index (χ4n) is 4.46. The standard InChI is InChI=1S/C24H28FN3O7S/c25-18-2-4-19(5-3-18)28-14-13-27(23(28)30)12-1-15-35-20-6-8-21(9-7-20)36(32,33)24(22(29)26-31)10-16-34-17-11-24/h2-9,31H,1,10-17H2,(H,26,29). The molecular weight excluding hydrogens is 493 g/mol. The first kappa shape index (κ1) is 25.9. The number of carbonyl (C=O) groups is 2. The van der Waals surface area contributed by atoms with Crippen molar-refractivity contribution in [1.29, 1.82) is 0 Å². The lowest BCUT2D eigenvalue weighted by Crippen LogP contribution is -2.54. The number of amides is 3. The quantitative estimate of drug-likeness (QED) is 0.295. The Bertz CT molecular complexity index is 1180. The minimum Gasteiger partial charge on any atom is -0.494 e. The summed E-state index contributed by atoms with van der Waals surface area (Å²) in [6.45, 7) is 2.04. The van der Waals surface area contributed by atoms with Crippen LogP contribution in [-0.2, 0) is 19.4 Å². The zero-order chi connectivity index (χ0) is 25.8. The molecule has 12 heteroatoms. The van der Waals surface area contributed by atoms with Gasteiger partial charge < -0.3 is 14.4 Å². The van der Waals surface area contributed by atoms with E-state index in [2.05, 4.69) is 0 Å². The van der Waals surface area contributed by atoms with Crippen LogP contribution in [0.25, 0.3) is 0 Å². The van der Waals surface area contributed by atoms with Crippen molar-refractivity contribution >= 4 is 27.5 Å². The molecule has 36 heavy (non-hydrogen) atoms. The molecule has 0 saturated carbocycles. The highest BCUT2D eigenvalue weighted by atomic mass is 32.2. The van der Waals surface area contributed by atoms with Crippen molar-refractivity contribution < 1.29 is 37.1 Å². The van der Waals surface area contributed by atoms with Crippen LogP contribution >= 0.6 is 0 Å². The number of halogens is 1. The molecule has 10 nitrogen and oxygen atoms in total. The Kier molecular flexibility index (Phi) is 7.76. The molecule has 2 saturated heterocycles. The first-order chi connectivity index (χ1) is 17.3. The highest BCUT2D eigenvalue weighted by Gasteiger charge is 2.52. The van der Waals surface area contributed by atoms with Gasteiger partial charge in [-0.05, 0) is 67.8 Å². The lowest BCUT2D eigenvalue weighted by molar-refractivity contribution is -0.134. The maximum atomic E-state index is 13.3. The molecule has 3 amide bonds. The number of urea groups is 1. The lowest BCUT2D eigenvalue weighted by atomic mass is 9.98. The third-order valence-electron chi connectivity index (χ3n) is 6.54. The predicted molar refractivity (Wildman–Crippen MR) is 127 cm³/mol. The second-order valence-corrected chi connectivity index (χ2v) is 10.9. The number of anilines is 1.